The molecule has 2 saturated heterocycles. The SMILES string of the molecule is O=C1NC2(COC3(CCN(C(=O)c4cc(-c5cccs5)[nH]n4)CC3)C2)Nc2ccccc21. The minimum Gasteiger partial charge on any atom is -0.370 e. The van der Waals surface area contributed by atoms with Gasteiger partial charge in [0.2, 0.25) is 0 Å². The number of hydrogen-bond donors (Lipinski definition) is 3. The number of hydrogen-bond acceptors (Lipinski definition) is 6. The Morgan fingerprint density at radius 2 is 1.97 bits per heavy atom. The second kappa shape index (κ2) is 7.18. The van der Waals surface area contributed by atoms with Gasteiger partial charge in [0.05, 0.1) is 28.3 Å². The molecule has 8 nitrogen and oxygen atoms in total. The van der Waals surface area contributed by atoms with E-state index in [1.165, 1.54) is 0 Å². The van der Waals surface area contributed by atoms with Gasteiger partial charge < -0.3 is 20.3 Å². The van der Waals surface area contributed by atoms with Gasteiger partial charge >= 0.3 is 0 Å². The van der Waals surface area contributed by atoms with Crippen LogP contribution >= 0.6 is 11.3 Å². The number of para-hydroxylation sites is 1. The second-order valence-electron chi connectivity index (χ2n) is 8.79. The van der Waals surface area contributed by atoms with Crippen molar-refractivity contribution in [1.29, 1.82) is 0 Å². The Kier molecular flexibility index (Phi) is 4.38. The standard InChI is InChI=1S/C23H23N5O3S/c29-20-15-4-1-2-5-16(15)24-23(25-20)13-22(31-14-23)7-9-28(10-8-22)21(30)18-12-17(26-27-18)19-6-3-11-32-19/h1-6,11-12,24H,7-10,13-14H2,(H,25,29)(H,26,27). The fraction of sp³-hybridized carbons (Fsp3) is 0.348. The highest BCUT2D eigenvalue weighted by molar-refractivity contribution is 7.13. The third-order valence-corrected chi connectivity index (χ3v) is 7.60. The molecule has 5 heterocycles. The number of H-pyrrole nitrogens is 1. The minimum absolute atomic E-state index is 0.0652. The van der Waals surface area contributed by atoms with Gasteiger partial charge in [-0.1, -0.05) is 18.2 Å². The number of piperidine rings is 1. The third kappa shape index (κ3) is 3.20. The summed E-state index contributed by atoms with van der Waals surface area (Å²) >= 11 is 1.61. The molecule has 2 amide bonds. The molecule has 1 unspecified atom stereocenters. The van der Waals surface area contributed by atoms with E-state index >= 15 is 0 Å². The van der Waals surface area contributed by atoms with Crippen molar-refractivity contribution in [3.63, 3.8) is 0 Å². The number of carbonyl (C=O) groups is 2. The number of carbonyl (C=O) groups excluding carboxylic acids is 2. The summed E-state index contributed by atoms with van der Waals surface area (Å²) in [5.74, 6) is -0.141. The van der Waals surface area contributed by atoms with Gasteiger partial charge in [0.1, 0.15) is 5.66 Å². The Morgan fingerprint density at radius 3 is 2.78 bits per heavy atom. The van der Waals surface area contributed by atoms with Crippen molar-refractivity contribution in [2.75, 3.05) is 25.0 Å². The fourth-order valence-corrected chi connectivity index (χ4v) is 5.73. The predicted octanol–water partition coefficient (Wildman–Crippen LogP) is 3.09. The van der Waals surface area contributed by atoms with Crippen molar-refractivity contribution >= 4 is 28.8 Å². The number of amides is 2. The average Bonchev–Trinajstić information content (AvgIpc) is 3.55. The van der Waals surface area contributed by atoms with Gasteiger partial charge in [-0.25, -0.2) is 0 Å². The van der Waals surface area contributed by atoms with Gasteiger partial charge in [0.15, 0.2) is 5.69 Å². The zero-order valence-corrected chi connectivity index (χ0v) is 18.2. The number of fused-ring (bicyclic) bond motifs is 1. The molecule has 3 aliphatic heterocycles. The van der Waals surface area contributed by atoms with E-state index in [-0.39, 0.29) is 17.4 Å². The van der Waals surface area contributed by atoms with Crippen LogP contribution in [0.1, 0.15) is 40.1 Å². The first kappa shape index (κ1) is 19.5. The van der Waals surface area contributed by atoms with Crippen LogP contribution in [-0.2, 0) is 4.74 Å². The van der Waals surface area contributed by atoms with Crippen LogP contribution < -0.4 is 10.6 Å². The molecule has 1 aromatic carbocycles. The third-order valence-electron chi connectivity index (χ3n) is 6.69. The Bertz CT molecular complexity index is 1180. The highest BCUT2D eigenvalue weighted by atomic mass is 32.1. The summed E-state index contributed by atoms with van der Waals surface area (Å²) in [4.78, 5) is 28.5. The maximum Gasteiger partial charge on any atom is 0.274 e. The van der Waals surface area contributed by atoms with Gasteiger partial charge in [-0.15, -0.1) is 11.3 Å². The van der Waals surface area contributed by atoms with Gasteiger partial charge in [-0.3, -0.25) is 14.7 Å². The van der Waals surface area contributed by atoms with Crippen molar-refractivity contribution in [2.45, 2.75) is 30.5 Å². The number of anilines is 1. The molecule has 9 heteroatoms. The summed E-state index contributed by atoms with van der Waals surface area (Å²) in [7, 11) is 0. The van der Waals surface area contributed by atoms with E-state index < -0.39 is 5.66 Å². The molecule has 3 aromatic rings. The maximum atomic E-state index is 13.0. The summed E-state index contributed by atoms with van der Waals surface area (Å²) in [6.45, 7) is 1.60. The van der Waals surface area contributed by atoms with Crippen molar-refractivity contribution in [2.24, 2.45) is 0 Å². The molecule has 2 spiro atoms. The normalized spacial score (nSPS) is 23.8. The van der Waals surface area contributed by atoms with E-state index in [4.69, 9.17) is 4.74 Å². The second-order valence-corrected chi connectivity index (χ2v) is 9.74. The first-order chi connectivity index (χ1) is 15.5. The summed E-state index contributed by atoms with van der Waals surface area (Å²) in [6, 6.07) is 13.3. The van der Waals surface area contributed by atoms with Crippen LogP contribution in [0, 0.1) is 0 Å². The van der Waals surface area contributed by atoms with Gasteiger partial charge in [-0.2, -0.15) is 5.10 Å². The van der Waals surface area contributed by atoms with Crippen molar-refractivity contribution in [1.82, 2.24) is 20.4 Å². The number of ether oxygens (including phenoxy) is 1. The Morgan fingerprint density at radius 1 is 1.12 bits per heavy atom. The zero-order chi connectivity index (χ0) is 21.8. The van der Waals surface area contributed by atoms with E-state index in [1.807, 2.05) is 52.7 Å². The first-order valence-corrected chi connectivity index (χ1v) is 11.7. The molecule has 0 saturated carbocycles. The van der Waals surface area contributed by atoms with E-state index in [0.717, 1.165) is 29.1 Å². The maximum absolute atomic E-state index is 13.0. The Hall–Kier alpha value is -3.17. The van der Waals surface area contributed by atoms with E-state index in [1.54, 1.807) is 11.3 Å². The number of rotatable bonds is 2. The molecule has 0 radical (unpaired) electrons. The van der Waals surface area contributed by atoms with Crippen LogP contribution in [0.3, 0.4) is 0 Å². The Labute approximate surface area is 189 Å². The number of nitrogens with one attached hydrogen (secondary N) is 3. The molecule has 1 atom stereocenters. The molecule has 0 aliphatic carbocycles. The molecular weight excluding hydrogens is 426 g/mol. The van der Waals surface area contributed by atoms with E-state index in [9.17, 15) is 9.59 Å². The lowest BCUT2D eigenvalue weighted by Gasteiger charge is -2.40. The van der Waals surface area contributed by atoms with Crippen LogP contribution in [0.2, 0.25) is 0 Å². The lowest BCUT2D eigenvalue weighted by atomic mass is 9.84. The molecule has 2 fully saturated rings. The van der Waals surface area contributed by atoms with Crippen LogP contribution in [0.25, 0.3) is 10.6 Å². The van der Waals surface area contributed by atoms with Gasteiger partial charge in [-0.05, 0) is 42.5 Å². The molecule has 32 heavy (non-hydrogen) atoms. The zero-order valence-electron chi connectivity index (χ0n) is 17.4. The van der Waals surface area contributed by atoms with Crippen LogP contribution in [0.4, 0.5) is 5.69 Å². The van der Waals surface area contributed by atoms with E-state index in [0.29, 0.717) is 37.4 Å². The Balaban J connectivity index is 1.13. The minimum atomic E-state index is -0.602. The highest BCUT2D eigenvalue weighted by Crippen LogP contribution is 2.43. The fourth-order valence-electron chi connectivity index (χ4n) is 5.04. The number of nitrogens with zero attached hydrogens (tertiary/aromatic N) is 2. The van der Waals surface area contributed by atoms with Crippen LogP contribution in [0.15, 0.2) is 47.8 Å². The first-order valence-electron chi connectivity index (χ1n) is 10.8. The summed E-state index contributed by atoms with van der Waals surface area (Å²) < 4.78 is 6.29. The molecule has 0 bridgehead atoms. The number of benzene rings is 1. The lowest BCUT2D eigenvalue weighted by Crippen LogP contribution is -2.59. The number of aromatic nitrogens is 2. The van der Waals surface area contributed by atoms with Crippen molar-refractivity contribution < 1.29 is 14.3 Å². The molecule has 6 rings (SSSR count). The largest absolute Gasteiger partial charge is 0.370 e. The average molecular weight is 450 g/mol. The van der Waals surface area contributed by atoms with Crippen molar-refractivity contribution in [3.8, 4) is 10.6 Å². The van der Waals surface area contributed by atoms with Crippen molar-refractivity contribution in [3.05, 3.63) is 59.1 Å². The monoisotopic (exact) mass is 449 g/mol. The molecule has 3 N–H and O–H groups in total. The van der Waals surface area contributed by atoms with E-state index in [2.05, 4.69) is 20.8 Å². The molecule has 164 valence electrons. The van der Waals surface area contributed by atoms with Crippen LogP contribution in [0.5, 0.6) is 0 Å². The smallest absolute Gasteiger partial charge is 0.274 e. The predicted molar refractivity (Wildman–Crippen MR) is 121 cm³/mol. The quantitative estimate of drug-likeness (QED) is 0.558. The highest BCUT2D eigenvalue weighted by Gasteiger charge is 2.53. The topological polar surface area (TPSA) is 99.4 Å². The van der Waals surface area contributed by atoms with Crippen LogP contribution in [-0.4, -0.2) is 57.9 Å². The number of aromatic amines is 1. The molecular formula is C23H23N5O3S. The summed E-state index contributed by atoms with van der Waals surface area (Å²) in [5, 5.41) is 15.8. The molecule has 3 aliphatic rings. The molecule has 2 aromatic heterocycles. The number of likely N-dealkylation sites (tertiary alicyclic amines) is 1. The summed E-state index contributed by atoms with van der Waals surface area (Å²) in [5.41, 5.74) is 1.83. The van der Waals surface area contributed by atoms with Gasteiger partial charge in [0, 0.05) is 25.2 Å². The number of thiophene rings is 1. The van der Waals surface area contributed by atoms with Gasteiger partial charge in [0.25, 0.3) is 11.8 Å². The lowest BCUT2D eigenvalue weighted by molar-refractivity contribution is -0.0394. The summed E-state index contributed by atoms with van der Waals surface area (Å²) in [6.07, 6.45) is 2.12.